The predicted octanol–water partition coefficient (Wildman–Crippen LogP) is 2.98. The largest absolute Gasteiger partial charge is 0.377 e. The molecule has 0 aromatic heterocycles. The van der Waals surface area contributed by atoms with Gasteiger partial charge in [-0.1, -0.05) is 30.3 Å². The minimum atomic E-state index is 0.575. The van der Waals surface area contributed by atoms with E-state index in [1.54, 1.807) is 0 Å². The number of ether oxygens (including phenoxy) is 1. The summed E-state index contributed by atoms with van der Waals surface area (Å²) in [7, 11) is 0. The van der Waals surface area contributed by atoms with E-state index in [1.165, 1.54) is 24.9 Å². The highest BCUT2D eigenvalue weighted by atomic mass is 16.5. The van der Waals surface area contributed by atoms with Crippen molar-refractivity contribution in [2.24, 2.45) is 5.92 Å². The molecule has 1 N–H and O–H groups in total. The molecule has 0 heterocycles. The summed E-state index contributed by atoms with van der Waals surface area (Å²) in [5.74, 6) is 0.961. The van der Waals surface area contributed by atoms with Crippen LogP contribution in [0.2, 0.25) is 0 Å². The Kier molecular flexibility index (Phi) is 5.02. The Hall–Kier alpha value is -0.860. The molecular formula is C15H23NO. The van der Waals surface area contributed by atoms with Crippen LogP contribution < -0.4 is 5.32 Å². The van der Waals surface area contributed by atoms with Crippen molar-refractivity contribution >= 4 is 0 Å². The van der Waals surface area contributed by atoms with Crippen LogP contribution in [0.1, 0.15) is 31.7 Å². The topological polar surface area (TPSA) is 21.3 Å². The molecule has 0 amide bonds. The fourth-order valence-corrected chi connectivity index (χ4v) is 1.82. The van der Waals surface area contributed by atoms with Crippen LogP contribution in [0.5, 0.6) is 0 Å². The molecule has 2 nitrogen and oxygen atoms in total. The van der Waals surface area contributed by atoms with E-state index in [-0.39, 0.29) is 0 Å². The van der Waals surface area contributed by atoms with E-state index in [2.05, 4.69) is 36.5 Å². The molecule has 1 atom stereocenters. The molecule has 0 radical (unpaired) electrons. The fraction of sp³-hybridized carbons (Fsp3) is 0.600. The SMILES string of the molecule is CC(CCOCc1ccccc1)NCC1CC1. The summed E-state index contributed by atoms with van der Waals surface area (Å²) < 4.78 is 5.67. The first-order chi connectivity index (χ1) is 8.34. The zero-order valence-corrected chi connectivity index (χ0v) is 10.7. The highest BCUT2D eigenvalue weighted by molar-refractivity contribution is 5.13. The fourth-order valence-electron chi connectivity index (χ4n) is 1.82. The average molecular weight is 233 g/mol. The molecule has 2 heteroatoms. The third-order valence-electron chi connectivity index (χ3n) is 3.26. The maximum absolute atomic E-state index is 5.67. The van der Waals surface area contributed by atoms with Gasteiger partial charge in [-0.2, -0.15) is 0 Å². The van der Waals surface area contributed by atoms with Crippen molar-refractivity contribution in [3.8, 4) is 0 Å². The summed E-state index contributed by atoms with van der Waals surface area (Å²) in [6, 6.07) is 10.9. The van der Waals surface area contributed by atoms with Gasteiger partial charge in [-0.3, -0.25) is 0 Å². The molecule has 1 aromatic carbocycles. The van der Waals surface area contributed by atoms with Crippen LogP contribution in [0, 0.1) is 5.92 Å². The van der Waals surface area contributed by atoms with Crippen molar-refractivity contribution in [2.45, 2.75) is 38.8 Å². The van der Waals surface area contributed by atoms with Gasteiger partial charge in [0, 0.05) is 12.6 Å². The molecule has 1 unspecified atom stereocenters. The van der Waals surface area contributed by atoms with E-state index >= 15 is 0 Å². The summed E-state index contributed by atoms with van der Waals surface area (Å²) >= 11 is 0. The van der Waals surface area contributed by atoms with E-state index in [0.717, 1.165) is 25.6 Å². The van der Waals surface area contributed by atoms with Gasteiger partial charge in [-0.15, -0.1) is 0 Å². The maximum atomic E-state index is 5.67. The standard InChI is InChI=1S/C15H23NO/c1-13(16-11-14-7-8-14)9-10-17-12-15-5-3-2-4-6-15/h2-6,13-14,16H,7-12H2,1H3. The lowest BCUT2D eigenvalue weighted by atomic mass is 10.2. The Balaban J connectivity index is 1.50. The predicted molar refractivity (Wildman–Crippen MR) is 70.9 cm³/mol. The Morgan fingerprint density at radius 3 is 2.76 bits per heavy atom. The van der Waals surface area contributed by atoms with Gasteiger partial charge in [-0.25, -0.2) is 0 Å². The van der Waals surface area contributed by atoms with Crippen LogP contribution >= 0.6 is 0 Å². The zero-order chi connectivity index (χ0) is 11.9. The van der Waals surface area contributed by atoms with Crippen molar-refractivity contribution in [3.63, 3.8) is 0 Å². The first-order valence-corrected chi connectivity index (χ1v) is 6.69. The summed E-state index contributed by atoms with van der Waals surface area (Å²) in [6.07, 6.45) is 3.94. The van der Waals surface area contributed by atoms with E-state index in [9.17, 15) is 0 Å². The third kappa shape index (κ3) is 5.33. The molecule has 2 rings (SSSR count). The molecule has 1 aliphatic carbocycles. The molecule has 1 aromatic rings. The van der Waals surface area contributed by atoms with Gasteiger partial charge in [0.25, 0.3) is 0 Å². The third-order valence-corrected chi connectivity index (χ3v) is 3.26. The molecule has 0 saturated heterocycles. The van der Waals surface area contributed by atoms with Crippen LogP contribution in [-0.4, -0.2) is 19.2 Å². The smallest absolute Gasteiger partial charge is 0.0716 e. The first-order valence-electron chi connectivity index (χ1n) is 6.69. The van der Waals surface area contributed by atoms with Crippen LogP contribution in [0.15, 0.2) is 30.3 Å². The van der Waals surface area contributed by atoms with Gasteiger partial charge >= 0.3 is 0 Å². The number of rotatable bonds is 8. The second-order valence-electron chi connectivity index (χ2n) is 5.08. The monoisotopic (exact) mass is 233 g/mol. The number of hydrogen-bond acceptors (Lipinski definition) is 2. The van der Waals surface area contributed by atoms with Crippen LogP contribution in [-0.2, 0) is 11.3 Å². The summed E-state index contributed by atoms with van der Waals surface area (Å²) in [5, 5.41) is 3.56. The van der Waals surface area contributed by atoms with Crippen LogP contribution in [0.3, 0.4) is 0 Å². The summed E-state index contributed by atoms with van der Waals surface area (Å²) in [4.78, 5) is 0. The highest BCUT2D eigenvalue weighted by Gasteiger charge is 2.21. The lowest BCUT2D eigenvalue weighted by Crippen LogP contribution is -2.29. The van der Waals surface area contributed by atoms with E-state index in [0.29, 0.717) is 6.04 Å². The first kappa shape index (κ1) is 12.6. The number of nitrogens with one attached hydrogen (secondary N) is 1. The molecular weight excluding hydrogens is 210 g/mol. The van der Waals surface area contributed by atoms with E-state index in [4.69, 9.17) is 4.74 Å². The molecule has 94 valence electrons. The van der Waals surface area contributed by atoms with Gasteiger partial charge in [0.15, 0.2) is 0 Å². The van der Waals surface area contributed by atoms with Crippen LogP contribution in [0.4, 0.5) is 0 Å². The Bertz CT molecular complexity index is 308. The summed E-state index contributed by atoms with van der Waals surface area (Å²) in [5.41, 5.74) is 1.26. The summed E-state index contributed by atoms with van der Waals surface area (Å²) in [6.45, 7) is 5.01. The van der Waals surface area contributed by atoms with Gasteiger partial charge < -0.3 is 10.1 Å². The molecule has 0 aliphatic heterocycles. The second kappa shape index (κ2) is 6.77. The zero-order valence-electron chi connectivity index (χ0n) is 10.7. The van der Waals surface area contributed by atoms with E-state index < -0.39 is 0 Å². The van der Waals surface area contributed by atoms with Gasteiger partial charge in [-0.05, 0) is 44.2 Å². The minimum Gasteiger partial charge on any atom is -0.377 e. The molecule has 0 bridgehead atoms. The molecule has 1 aliphatic rings. The number of benzene rings is 1. The van der Waals surface area contributed by atoms with Crippen molar-refractivity contribution < 1.29 is 4.74 Å². The lowest BCUT2D eigenvalue weighted by molar-refractivity contribution is 0.112. The number of hydrogen-bond donors (Lipinski definition) is 1. The highest BCUT2D eigenvalue weighted by Crippen LogP contribution is 2.27. The average Bonchev–Trinajstić information content (AvgIpc) is 3.17. The molecule has 17 heavy (non-hydrogen) atoms. The Morgan fingerprint density at radius 2 is 2.06 bits per heavy atom. The Morgan fingerprint density at radius 1 is 1.29 bits per heavy atom. The minimum absolute atomic E-state index is 0.575. The van der Waals surface area contributed by atoms with Crippen molar-refractivity contribution in [1.29, 1.82) is 0 Å². The van der Waals surface area contributed by atoms with Gasteiger partial charge in [0.05, 0.1) is 6.61 Å². The Labute approximate surface area is 104 Å². The molecule has 1 saturated carbocycles. The van der Waals surface area contributed by atoms with Gasteiger partial charge in [0.2, 0.25) is 0 Å². The van der Waals surface area contributed by atoms with Crippen molar-refractivity contribution in [3.05, 3.63) is 35.9 Å². The second-order valence-corrected chi connectivity index (χ2v) is 5.08. The molecule has 0 spiro atoms. The normalized spacial score (nSPS) is 17.0. The van der Waals surface area contributed by atoms with Crippen molar-refractivity contribution in [1.82, 2.24) is 5.32 Å². The molecule has 1 fully saturated rings. The quantitative estimate of drug-likeness (QED) is 0.697. The van der Waals surface area contributed by atoms with Crippen molar-refractivity contribution in [2.75, 3.05) is 13.2 Å². The lowest BCUT2D eigenvalue weighted by Gasteiger charge is -2.13. The maximum Gasteiger partial charge on any atom is 0.0716 e. The van der Waals surface area contributed by atoms with E-state index in [1.807, 2.05) is 6.07 Å². The van der Waals surface area contributed by atoms with Crippen LogP contribution in [0.25, 0.3) is 0 Å². The van der Waals surface area contributed by atoms with Gasteiger partial charge in [0.1, 0.15) is 0 Å².